The number of nitrogens with zero attached hydrogens (tertiary/aromatic N) is 1. The van der Waals surface area contributed by atoms with Crippen LogP contribution in [0.5, 0.6) is 5.75 Å². The van der Waals surface area contributed by atoms with E-state index >= 15 is 0 Å². The van der Waals surface area contributed by atoms with Crippen molar-refractivity contribution in [1.29, 1.82) is 0 Å². The molecule has 0 aromatic heterocycles. The van der Waals surface area contributed by atoms with Crippen LogP contribution in [-0.2, 0) is 4.79 Å². The molecule has 0 radical (unpaired) electrons. The normalized spacial score (nSPS) is 17.9. The topological polar surface area (TPSA) is 55.6 Å². The van der Waals surface area contributed by atoms with Crippen molar-refractivity contribution in [3.8, 4) is 5.75 Å². The fourth-order valence-electron chi connectivity index (χ4n) is 2.54. The van der Waals surface area contributed by atoms with Gasteiger partial charge in [0.1, 0.15) is 5.75 Å². The highest BCUT2D eigenvalue weighted by atomic mass is 35.5. The lowest BCUT2D eigenvalue weighted by molar-refractivity contribution is -0.122. The van der Waals surface area contributed by atoms with Crippen molar-refractivity contribution >= 4 is 24.0 Å². The number of hydrogen-bond donors (Lipinski definition) is 1. The fraction of sp³-hybridized carbons (Fsp3) is 0.588. The van der Waals surface area contributed by atoms with Gasteiger partial charge in [0.2, 0.25) is 5.91 Å². The second-order valence-corrected chi connectivity index (χ2v) is 6.13. The Balaban J connectivity index is 0.00000242. The summed E-state index contributed by atoms with van der Waals surface area (Å²) in [6.45, 7) is 5.92. The highest BCUT2D eigenvalue weighted by Crippen LogP contribution is 2.38. The number of hydrogen-bond acceptors (Lipinski definition) is 3. The molecule has 4 nitrogen and oxygen atoms in total. The van der Waals surface area contributed by atoms with E-state index in [0.29, 0.717) is 5.92 Å². The highest BCUT2D eigenvalue weighted by Gasteiger charge is 2.37. The molecule has 1 saturated carbocycles. The third kappa shape index (κ3) is 4.14. The Morgan fingerprint density at radius 3 is 2.18 bits per heavy atom. The number of benzene rings is 1. The molecule has 1 aromatic carbocycles. The number of ether oxygens (including phenoxy) is 1. The summed E-state index contributed by atoms with van der Waals surface area (Å²) in [4.78, 5) is 14.7. The van der Waals surface area contributed by atoms with Gasteiger partial charge < -0.3 is 15.4 Å². The Bertz CT molecular complexity index is 486. The predicted molar refractivity (Wildman–Crippen MR) is 92.7 cm³/mol. The van der Waals surface area contributed by atoms with Crippen molar-refractivity contribution in [3.63, 3.8) is 0 Å². The van der Waals surface area contributed by atoms with Crippen molar-refractivity contribution in [2.75, 3.05) is 12.0 Å². The van der Waals surface area contributed by atoms with Gasteiger partial charge in [-0.25, -0.2) is 0 Å². The number of carbonyl (C=O) groups is 1. The zero-order valence-electron chi connectivity index (χ0n) is 13.8. The average molecular weight is 327 g/mol. The lowest BCUT2D eigenvalue weighted by Gasteiger charge is -2.33. The number of amides is 1. The van der Waals surface area contributed by atoms with Crippen molar-refractivity contribution < 1.29 is 9.53 Å². The summed E-state index contributed by atoms with van der Waals surface area (Å²) in [5, 5.41) is 0. The molecular formula is C17H27ClN2O2. The molecule has 0 spiro atoms. The minimum absolute atomic E-state index is 0. The minimum Gasteiger partial charge on any atom is -0.497 e. The van der Waals surface area contributed by atoms with E-state index in [1.165, 1.54) is 12.8 Å². The summed E-state index contributed by atoms with van der Waals surface area (Å²) in [6, 6.07) is 7.75. The van der Waals surface area contributed by atoms with Crippen LogP contribution in [0.2, 0.25) is 0 Å². The smallest absolute Gasteiger partial charge is 0.231 e. The number of anilines is 1. The van der Waals surface area contributed by atoms with Gasteiger partial charge in [0.05, 0.1) is 13.0 Å². The van der Waals surface area contributed by atoms with Crippen LogP contribution >= 0.6 is 12.4 Å². The van der Waals surface area contributed by atoms with Gasteiger partial charge in [-0.15, -0.1) is 12.4 Å². The van der Waals surface area contributed by atoms with E-state index in [0.717, 1.165) is 11.4 Å². The first-order chi connectivity index (χ1) is 9.95. The molecule has 1 aliphatic rings. The molecule has 2 N–H and O–H groups in total. The maximum atomic E-state index is 12.8. The maximum Gasteiger partial charge on any atom is 0.231 e. The first-order valence-electron chi connectivity index (χ1n) is 7.68. The molecule has 22 heavy (non-hydrogen) atoms. The molecule has 3 unspecified atom stereocenters. The largest absolute Gasteiger partial charge is 0.497 e. The van der Waals surface area contributed by atoms with Crippen LogP contribution < -0.4 is 15.4 Å². The molecule has 0 bridgehead atoms. The molecule has 1 amide bonds. The van der Waals surface area contributed by atoms with Gasteiger partial charge in [0.25, 0.3) is 0 Å². The number of nitrogens with two attached hydrogens (primary N) is 1. The van der Waals surface area contributed by atoms with Crippen LogP contribution in [0.25, 0.3) is 0 Å². The standard InChI is InChI=1S/C17H26N2O2.ClH/c1-11(12(2)18)17(20)19(13(3)14-5-6-14)15-7-9-16(21-4)10-8-15;/h7-14H,5-6,18H2,1-4H3;1H. The number of methoxy groups -OCH3 is 1. The first kappa shape index (κ1) is 18.8. The van der Waals surface area contributed by atoms with Crippen LogP contribution in [-0.4, -0.2) is 25.1 Å². The Kier molecular flexibility index (Phi) is 6.69. The lowest BCUT2D eigenvalue weighted by atomic mass is 10.0. The van der Waals surface area contributed by atoms with Crippen LogP contribution in [0.15, 0.2) is 24.3 Å². The van der Waals surface area contributed by atoms with E-state index in [-0.39, 0.29) is 36.3 Å². The molecule has 0 saturated heterocycles. The summed E-state index contributed by atoms with van der Waals surface area (Å²) in [5.41, 5.74) is 6.85. The molecule has 5 heteroatoms. The zero-order valence-corrected chi connectivity index (χ0v) is 14.6. The van der Waals surface area contributed by atoms with Crippen LogP contribution in [0.4, 0.5) is 5.69 Å². The van der Waals surface area contributed by atoms with Gasteiger partial charge in [-0.3, -0.25) is 4.79 Å². The number of rotatable bonds is 6. The molecule has 3 atom stereocenters. The predicted octanol–water partition coefficient (Wildman–Crippen LogP) is 3.23. The van der Waals surface area contributed by atoms with Gasteiger partial charge >= 0.3 is 0 Å². The Labute approximate surface area is 139 Å². The monoisotopic (exact) mass is 326 g/mol. The number of halogens is 1. The van der Waals surface area contributed by atoms with Crippen LogP contribution in [0.3, 0.4) is 0 Å². The summed E-state index contributed by atoms with van der Waals surface area (Å²) in [7, 11) is 1.64. The van der Waals surface area contributed by atoms with Crippen molar-refractivity contribution in [2.45, 2.75) is 45.7 Å². The molecule has 0 heterocycles. The van der Waals surface area contributed by atoms with Gasteiger partial charge in [-0.2, -0.15) is 0 Å². The SMILES string of the molecule is COc1ccc(N(C(=O)C(C)C(C)N)C(C)C2CC2)cc1.Cl. The third-order valence-corrected chi connectivity index (χ3v) is 4.48. The molecular weight excluding hydrogens is 300 g/mol. The Hall–Kier alpha value is -1.26. The molecule has 2 rings (SSSR count). The van der Waals surface area contributed by atoms with E-state index in [1.54, 1.807) is 7.11 Å². The Morgan fingerprint density at radius 2 is 1.77 bits per heavy atom. The summed E-state index contributed by atoms with van der Waals surface area (Å²) >= 11 is 0. The van der Waals surface area contributed by atoms with Crippen LogP contribution in [0, 0.1) is 11.8 Å². The van der Waals surface area contributed by atoms with E-state index in [2.05, 4.69) is 6.92 Å². The summed E-state index contributed by atoms with van der Waals surface area (Å²) in [6.07, 6.45) is 2.40. The highest BCUT2D eigenvalue weighted by molar-refractivity contribution is 5.96. The van der Waals surface area contributed by atoms with Gasteiger partial charge in [-0.05, 0) is 56.9 Å². The third-order valence-electron chi connectivity index (χ3n) is 4.48. The molecule has 124 valence electrons. The average Bonchev–Trinajstić information content (AvgIpc) is 3.31. The van der Waals surface area contributed by atoms with Gasteiger partial charge in [-0.1, -0.05) is 6.92 Å². The maximum absolute atomic E-state index is 12.8. The second-order valence-electron chi connectivity index (χ2n) is 6.13. The summed E-state index contributed by atoms with van der Waals surface area (Å²) < 4.78 is 5.19. The quantitative estimate of drug-likeness (QED) is 0.873. The van der Waals surface area contributed by atoms with Crippen molar-refractivity contribution in [3.05, 3.63) is 24.3 Å². The van der Waals surface area contributed by atoms with Gasteiger partial charge in [0, 0.05) is 17.8 Å². The fourth-order valence-corrected chi connectivity index (χ4v) is 2.54. The molecule has 1 aromatic rings. The zero-order chi connectivity index (χ0) is 15.6. The number of carbonyl (C=O) groups excluding carboxylic acids is 1. The summed E-state index contributed by atoms with van der Waals surface area (Å²) in [5.74, 6) is 1.32. The van der Waals surface area contributed by atoms with E-state index < -0.39 is 0 Å². The van der Waals surface area contributed by atoms with E-state index in [4.69, 9.17) is 10.5 Å². The van der Waals surface area contributed by atoms with Crippen molar-refractivity contribution in [2.24, 2.45) is 17.6 Å². The Morgan fingerprint density at radius 1 is 1.23 bits per heavy atom. The lowest BCUT2D eigenvalue weighted by Crippen LogP contribution is -2.47. The first-order valence-corrected chi connectivity index (χ1v) is 7.68. The van der Waals surface area contributed by atoms with Crippen molar-refractivity contribution in [1.82, 2.24) is 0 Å². The minimum atomic E-state index is -0.187. The van der Waals surface area contributed by atoms with E-state index in [9.17, 15) is 4.79 Å². The molecule has 1 aliphatic carbocycles. The molecule has 0 aliphatic heterocycles. The van der Waals surface area contributed by atoms with E-state index in [1.807, 2.05) is 43.0 Å². The van der Waals surface area contributed by atoms with Crippen LogP contribution in [0.1, 0.15) is 33.6 Å². The van der Waals surface area contributed by atoms with Gasteiger partial charge in [0.15, 0.2) is 0 Å². The second kappa shape index (κ2) is 7.84. The molecule has 1 fully saturated rings.